The van der Waals surface area contributed by atoms with E-state index < -0.39 is 0 Å². The van der Waals surface area contributed by atoms with E-state index in [2.05, 4.69) is 32.0 Å². The second-order valence-corrected chi connectivity index (χ2v) is 7.23. The van der Waals surface area contributed by atoms with Gasteiger partial charge in [-0.05, 0) is 58.2 Å². The van der Waals surface area contributed by atoms with Crippen LogP contribution in [0.15, 0.2) is 4.79 Å². The average Bonchev–Trinajstić information content (AvgIpc) is 3.04. The molecule has 0 saturated carbocycles. The molecule has 0 bridgehead atoms. The lowest BCUT2D eigenvalue weighted by molar-refractivity contribution is 0.224. The number of likely N-dealkylation sites (tertiary alicyclic amines) is 1. The summed E-state index contributed by atoms with van der Waals surface area (Å²) in [7, 11) is 0. The van der Waals surface area contributed by atoms with Crippen molar-refractivity contribution in [3.63, 3.8) is 0 Å². The predicted octanol–water partition coefficient (Wildman–Crippen LogP) is 3.19. The van der Waals surface area contributed by atoms with Crippen molar-refractivity contribution < 1.29 is 0 Å². The summed E-state index contributed by atoms with van der Waals surface area (Å²) >= 11 is 0. The Morgan fingerprint density at radius 1 is 1.00 bits per heavy atom. The van der Waals surface area contributed by atoms with Crippen LogP contribution in [0.5, 0.6) is 0 Å². The van der Waals surface area contributed by atoms with E-state index in [1.54, 1.807) is 0 Å². The van der Waals surface area contributed by atoms with Gasteiger partial charge in [-0.2, -0.15) is 5.10 Å². The number of fused-ring (bicyclic) bond motifs is 1. The summed E-state index contributed by atoms with van der Waals surface area (Å²) in [5.41, 5.74) is 2.11. The molecular formula is C19H31N5O. The largest absolute Gasteiger partial charge is 0.309 e. The van der Waals surface area contributed by atoms with Crippen LogP contribution in [0.2, 0.25) is 0 Å². The highest BCUT2D eigenvalue weighted by molar-refractivity contribution is 5.75. The van der Waals surface area contributed by atoms with Gasteiger partial charge in [0.2, 0.25) is 0 Å². The molecule has 3 rings (SSSR count). The molecule has 1 aliphatic rings. The van der Waals surface area contributed by atoms with Gasteiger partial charge in [-0.15, -0.1) is 0 Å². The molecule has 0 radical (unpaired) electrons. The Balaban J connectivity index is 1.52. The molecule has 6 nitrogen and oxygen atoms in total. The molecule has 2 N–H and O–H groups in total. The fourth-order valence-electron chi connectivity index (χ4n) is 3.64. The van der Waals surface area contributed by atoms with Crippen molar-refractivity contribution in [2.24, 2.45) is 0 Å². The minimum atomic E-state index is -0.122. The van der Waals surface area contributed by atoms with Crippen molar-refractivity contribution in [1.82, 2.24) is 25.1 Å². The number of aryl methyl sites for hydroxylation is 2. The zero-order chi connectivity index (χ0) is 17.5. The summed E-state index contributed by atoms with van der Waals surface area (Å²) in [5, 5.41) is 7.21. The van der Waals surface area contributed by atoms with Crippen molar-refractivity contribution >= 4 is 11.0 Å². The van der Waals surface area contributed by atoms with Crippen LogP contribution in [0, 0.1) is 0 Å². The predicted molar refractivity (Wildman–Crippen MR) is 101 cm³/mol. The van der Waals surface area contributed by atoms with Crippen LogP contribution >= 0.6 is 0 Å². The second kappa shape index (κ2) is 9.13. The Hall–Kier alpha value is -1.69. The maximum atomic E-state index is 12.1. The number of hydrogen-bond acceptors (Lipinski definition) is 4. The summed E-state index contributed by atoms with van der Waals surface area (Å²) in [4.78, 5) is 22.2. The highest BCUT2D eigenvalue weighted by atomic mass is 16.1. The van der Waals surface area contributed by atoms with Gasteiger partial charge in [0.1, 0.15) is 11.3 Å². The monoisotopic (exact) mass is 345 g/mol. The number of piperidine rings is 1. The summed E-state index contributed by atoms with van der Waals surface area (Å²) < 4.78 is 0. The van der Waals surface area contributed by atoms with Gasteiger partial charge < -0.3 is 9.88 Å². The minimum Gasteiger partial charge on any atom is -0.309 e. The Labute approximate surface area is 149 Å². The molecule has 0 amide bonds. The molecule has 0 atom stereocenters. The first-order valence-corrected chi connectivity index (χ1v) is 9.96. The maximum Gasteiger partial charge on any atom is 0.279 e. The highest BCUT2D eigenvalue weighted by Crippen LogP contribution is 2.15. The van der Waals surface area contributed by atoms with Crippen molar-refractivity contribution in [2.45, 2.75) is 71.1 Å². The third-order valence-corrected chi connectivity index (χ3v) is 5.15. The number of aromatic amines is 2. The molecular weight excluding hydrogens is 314 g/mol. The number of rotatable bonds is 9. The van der Waals surface area contributed by atoms with Crippen LogP contribution in [0.1, 0.15) is 69.8 Å². The normalized spacial score (nSPS) is 15.9. The Morgan fingerprint density at radius 2 is 1.84 bits per heavy atom. The fourth-order valence-corrected chi connectivity index (χ4v) is 3.64. The van der Waals surface area contributed by atoms with Crippen molar-refractivity contribution in [2.75, 3.05) is 19.6 Å². The minimum absolute atomic E-state index is 0.122. The first-order valence-electron chi connectivity index (χ1n) is 9.96. The zero-order valence-corrected chi connectivity index (χ0v) is 15.4. The van der Waals surface area contributed by atoms with E-state index in [-0.39, 0.29) is 5.56 Å². The third-order valence-electron chi connectivity index (χ3n) is 5.15. The van der Waals surface area contributed by atoms with E-state index in [1.165, 1.54) is 51.7 Å². The van der Waals surface area contributed by atoms with Crippen LogP contribution in [-0.2, 0) is 12.8 Å². The first-order chi connectivity index (χ1) is 12.3. The molecule has 1 saturated heterocycles. The van der Waals surface area contributed by atoms with Gasteiger partial charge in [-0.3, -0.25) is 9.89 Å². The van der Waals surface area contributed by atoms with Gasteiger partial charge in [-0.1, -0.05) is 26.2 Å². The molecule has 3 heterocycles. The molecule has 0 unspecified atom stereocenters. The lowest BCUT2D eigenvalue weighted by Gasteiger charge is -2.26. The van der Waals surface area contributed by atoms with Gasteiger partial charge in [0, 0.05) is 6.42 Å². The SMILES string of the molecule is CCCCc1nc2c(CCCCCN3CCCCC3)[nH]nc2c(=O)[nH]1. The lowest BCUT2D eigenvalue weighted by atomic mass is 10.1. The number of nitrogens with zero attached hydrogens (tertiary/aromatic N) is 3. The van der Waals surface area contributed by atoms with E-state index in [0.29, 0.717) is 5.52 Å². The van der Waals surface area contributed by atoms with E-state index in [9.17, 15) is 4.79 Å². The summed E-state index contributed by atoms with van der Waals surface area (Å²) in [6.45, 7) is 5.92. The standard InChI is InChI=1S/C19H31N5O/c1-2-3-11-16-20-17-15(22-23-18(17)19(25)21-16)10-6-4-7-12-24-13-8-5-9-14-24/h2-14H2,1H3,(H,22,23)(H,20,21,25). The van der Waals surface area contributed by atoms with Crippen LogP contribution in [0.25, 0.3) is 11.0 Å². The van der Waals surface area contributed by atoms with Crippen LogP contribution in [0.4, 0.5) is 0 Å². The molecule has 2 aromatic rings. The summed E-state index contributed by atoms with van der Waals surface area (Å²) in [6, 6.07) is 0. The summed E-state index contributed by atoms with van der Waals surface area (Å²) in [5.74, 6) is 0.784. The number of unbranched alkanes of at least 4 members (excludes halogenated alkanes) is 3. The number of nitrogens with one attached hydrogen (secondary N) is 2. The van der Waals surface area contributed by atoms with E-state index in [0.717, 1.165) is 49.1 Å². The van der Waals surface area contributed by atoms with Crippen molar-refractivity contribution in [1.29, 1.82) is 0 Å². The smallest absolute Gasteiger partial charge is 0.279 e. The van der Waals surface area contributed by atoms with E-state index in [1.807, 2.05) is 0 Å². The fraction of sp³-hybridized carbons (Fsp3) is 0.737. The van der Waals surface area contributed by atoms with Gasteiger partial charge >= 0.3 is 0 Å². The van der Waals surface area contributed by atoms with Crippen LogP contribution in [-0.4, -0.2) is 44.7 Å². The van der Waals surface area contributed by atoms with Crippen molar-refractivity contribution in [3.05, 3.63) is 21.9 Å². The number of H-pyrrole nitrogens is 2. The van der Waals surface area contributed by atoms with Crippen molar-refractivity contribution in [3.8, 4) is 0 Å². The van der Waals surface area contributed by atoms with Gasteiger partial charge in [0.05, 0.1) is 5.69 Å². The second-order valence-electron chi connectivity index (χ2n) is 7.23. The molecule has 0 aliphatic carbocycles. The van der Waals surface area contributed by atoms with E-state index in [4.69, 9.17) is 0 Å². The van der Waals surface area contributed by atoms with Crippen LogP contribution < -0.4 is 5.56 Å². The van der Waals surface area contributed by atoms with Gasteiger partial charge in [-0.25, -0.2) is 4.98 Å². The topological polar surface area (TPSA) is 77.7 Å². The molecule has 2 aromatic heterocycles. The highest BCUT2D eigenvalue weighted by Gasteiger charge is 2.12. The zero-order valence-electron chi connectivity index (χ0n) is 15.4. The molecule has 0 spiro atoms. The molecule has 1 fully saturated rings. The van der Waals surface area contributed by atoms with Crippen LogP contribution in [0.3, 0.4) is 0 Å². The van der Waals surface area contributed by atoms with E-state index >= 15 is 0 Å². The quantitative estimate of drug-likeness (QED) is 0.684. The number of hydrogen-bond donors (Lipinski definition) is 2. The molecule has 138 valence electrons. The molecule has 0 aromatic carbocycles. The Bertz CT molecular complexity index is 714. The Kier molecular flexibility index (Phi) is 6.62. The maximum absolute atomic E-state index is 12.1. The number of aromatic nitrogens is 4. The molecule has 1 aliphatic heterocycles. The molecule has 6 heteroatoms. The summed E-state index contributed by atoms with van der Waals surface area (Å²) in [6.07, 6.45) is 11.6. The average molecular weight is 345 g/mol. The van der Waals surface area contributed by atoms with Gasteiger partial charge in [0.25, 0.3) is 5.56 Å². The third kappa shape index (κ3) is 4.91. The first kappa shape index (κ1) is 18.1. The van der Waals surface area contributed by atoms with Gasteiger partial charge in [0.15, 0.2) is 5.52 Å². The lowest BCUT2D eigenvalue weighted by Crippen LogP contribution is -2.30. The Morgan fingerprint density at radius 3 is 2.64 bits per heavy atom. The molecule has 25 heavy (non-hydrogen) atoms.